The van der Waals surface area contributed by atoms with Gasteiger partial charge in [-0.3, -0.25) is 4.79 Å². The summed E-state index contributed by atoms with van der Waals surface area (Å²) >= 11 is 4.93. The largest absolute Gasteiger partial charge is 0.369 e. The van der Waals surface area contributed by atoms with Crippen LogP contribution in [0.4, 0.5) is 0 Å². The van der Waals surface area contributed by atoms with E-state index >= 15 is 0 Å². The molecular weight excluding hydrogens is 470 g/mol. The van der Waals surface area contributed by atoms with Gasteiger partial charge in [0.05, 0.1) is 18.0 Å². The molecule has 0 aliphatic carbocycles. The van der Waals surface area contributed by atoms with Crippen LogP contribution in [0.5, 0.6) is 0 Å². The summed E-state index contributed by atoms with van der Waals surface area (Å²) in [6.45, 7) is 7.78. The Morgan fingerprint density at radius 3 is 2.79 bits per heavy atom. The summed E-state index contributed by atoms with van der Waals surface area (Å²) in [6.07, 6.45) is 3.73. The summed E-state index contributed by atoms with van der Waals surface area (Å²) in [5, 5.41) is 5.90. The molecule has 1 amide bonds. The number of carbonyl (C=O) groups excluding carboxylic acids is 1. The molecule has 3 aromatic rings. The molecule has 0 bridgehead atoms. The van der Waals surface area contributed by atoms with Gasteiger partial charge in [0, 0.05) is 29.0 Å². The van der Waals surface area contributed by atoms with Crippen molar-refractivity contribution in [1.29, 1.82) is 0 Å². The van der Waals surface area contributed by atoms with Gasteiger partial charge in [0.1, 0.15) is 9.86 Å². The lowest BCUT2D eigenvalue weighted by atomic mass is 9.90. The van der Waals surface area contributed by atoms with Crippen LogP contribution >= 0.6 is 34.9 Å². The summed E-state index contributed by atoms with van der Waals surface area (Å²) in [6, 6.07) is 10.2. The van der Waals surface area contributed by atoms with E-state index in [0.717, 1.165) is 51.8 Å². The summed E-state index contributed by atoms with van der Waals surface area (Å²) in [4.78, 5) is 24.6. The number of carbonyl (C=O) groups is 1. The van der Waals surface area contributed by atoms with Gasteiger partial charge in [0.25, 0.3) is 0 Å². The smallest absolute Gasteiger partial charge is 0.230 e. The van der Waals surface area contributed by atoms with E-state index in [1.807, 2.05) is 18.2 Å². The molecular formula is C25H31N3O2S3. The second-order valence-electron chi connectivity index (χ2n) is 8.49. The quantitative estimate of drug-likeness (QED) is 0.212. The number of nitrogens with one attached hydrogen (secondary N) is 1. The van der Waals surface area contributed by atoms with Crippen LogP contribution in [0.1, 0.15) is 49.6 Å². The minimum absolute atomic E-state index is 0.0382. The third-order valence-corrected chi connectivity index (χ3v) is 9.01. The molecule has 0 radical (unpaired) electrons. The number of thioether (sulfide) groups is 2. The third-order valence-electron chi connectivity index (χ3n) is 5.88. The van der Waals surface area contributed by atoms with E-state index in [1.54, 1.807) is 23.1 Å². The van der Waals surface area contributed by atoms with Crippen molar-refractivity contribution in [3.05, 3.63) is 46.3 Å². The topological polar surface area (TPSA) is 64.1 Å². The Hall–Kier alpha value is -1.61. The summed E-state index contributed by atoms with van der Waals surface area (Å²) in [7, 11) is 0. The molecule has 0 saturated carbocycles. The monoisotopic (exact) mass is 501 g/mol. The van der Waals surface area contributed by atoms with Gasteiger partial charge < -0.3 is 10.1 Å². The second-order valence-corrected chi connectivity index (χ2v) is 11.6. The Bertz CT molecular complexity index is 1100. The Morgan fingerprint density at radius 2 is 2.03 bits per heavy atom. The van der Waals surface area contributed by atoms with Gasteiger partial charge in [0.15, 0.2) is 5.16 Å². The highest BCUT2D eigenvalue weighted by Gasteiger charge is 2.33. The lowest BCUT2D eigenvalue weighted by Gasteiger charge is -2.33. The fourth-order valence-electron chi connectivity index (χ4n) is 3.79. The van der Waals surface area contributed by atoms with Crippen molar-refractivity contribution in [3.8, 4) is 0 Å². The van der Waals surface area contributed by atoms with Crippen LogP contribution < -0.4 is 5.32 Å². The molecule has 1 atom stereocenters. The average molecular weight is 502 g/mol. The molecule has 0 saturated heterocycles. The molecule has 3 heterocycles. The predicted octanol–water partition coefficient (Wildman–Crippen LogP) is 5.89. The van der Waals surface area contributed by atoms with E-state index in [2.05, 4.69) is 38.2 Å². The number of amides is 1. The van der Waals surface area contributed by atoms with E-state index in [1.165, 1.54) is 27.8 Å². The Balaban J connectivity index is 1.50. The molecule has 33 heavy (non-hydrogen) atoms. The highest BCUT2D eigenvalue weighted by molar-refractivity contribution is 8.00. The van der Waals surface area contributed by atoms with E-state index < -0.39 is 0 Å². The maximum absolute atomic E-state index is 12.6. The standard InChI is InChI=1S/C25H31N3O2S3/c1-4-13-31-24-27-22(32-16-20(29)26-12-11-17-9-7-6-8-10-17)21-18-14-25(3,5-2)30-15-19(18)33-23(21)28-24/h6-10H,4-5,11-16H2,1-3H3,(H,26,29)/t25-/m0/s1. The third kappa shape index (κ3) is 6.10. The molecule has 0 fully saturated rings. The minimum atomic E-state index is -0.159. The maximum atomic E-state index is 12.6. The van der Waals surface area contributed by atoms with Crippen molar-refractivity contribution in [3.63, 3.8) is 0 Å². The van der Waals surface area contributed by atoms with E-state index in [9.17, 15) is 4.79 Å². The van der Waals surface area contributed by atoms with Crippen molar-refractivity contribution in [2.75, 3.05) is 18.1 Å². The number of fused-ring (bicyclic) bond motifs is 3. The van der Waals surface area contributed by atoms with Crippen LogP contribution in [0.25, 0.3) is 10.2 Å². The van der Waals surface area contributed by atoms with Crippen LogP contribution in [0.15, 0.2) is 40.5 Å². The molecule has 1 aromatic carbocycles. The van der Waals surface area contributed by atoms with Gasteiger partial charge in [0.2, 0.25) is 5.91 Å². The first-order valence-corrected chi connectivity index (χ1v) is 14.3. The molecule has 1 aliphatic rings. The lowest BCUT2D eigenvalue weighted by molar-refractivity contribution is -0.118. The number of benzene rings is 1. The van der Waals surface area contributed by atoms with Crippen molar-refractivity contribution in [1.82, 2.24) is 15.3 Å². The molecule has 4 rings (SSSR count). The maximum Gasteiger partial charge on any atom is 0.230 e. The number of thiophene rings is 1. The molecule has 5 nitrogen and oxygen atoms in total. The Labute approximate surface area is 208 Å². The highest BCUT2D eigenvalue weighted by Crippen LogP contribution is 2.43. The van der Waals surface area contributed by atoms with Crippen molar-refractivity contribution in [2.24, 2.45) is 0 Å². The fourth-order valence-corrected chi connectivity index (χ4v) is 6.65. The molecule has 2 aromatic heterocycles. The average Bonchev–Trinajstić information content (AvgIpc) is 3.19. The van der Waals surface area contributed by atoms with Gasteiger partial charge in [-0.25, -0.2) is 9.97 Å². The number of rotatable bonds is 10. The SMILES string of the molecule is CCCSc1nc(SCC(=O)NCCc2ccccc2)c2c3c(sc2n1)CO[C@@](C)(CC)C3. The molecule has 176 valence electrons. The first-order chi connectivity index (χ1) is 16.0. The van der Waals surface area contributed by atoms with E-state index in [0.29, 0.717) is 18.9 Å². The number of ether oxygens (including phenoxy) is 1. The van der Waals surface area contributed by atoms with Crippen molar-refractivity contribution in [2.45, 2.75) is 68.8 Å². The first kappa shape index (κ1) is 24.5. The second kappa shape index (κ2) is 11.2. The van der Waals surface area contributed by atoms with E-state index in [4.69, 9.17) is 14.7 Å². The van der Waals surface area contributed by atoms with Crippen LogP contribution in [-0.4, -0.2) is 39.5 Å². The van der Waals surface area contributed by atoms with Gasteiger partial charge in [-0.2, -0.15) is 0 Å². The first-order valence-electron chi connectivity index (χ1n) is 11.5. The molecule has 8 heteroatoms. The number of hydrogen-bond acceptors (Lipinski definition) is 7. The summed E-state index contributed by atoms with van der Waals surface area (Å²) in [5.41, 5.74) is 2.38. The zero-order chi connectivity index (χ0) is 23.3. The zero-order valence-electron chi connectivity index (χ0n) is 19.5. The van der Waals surface area contributed by atoms with Crippen LogP contribution in [0, 0.1) is 0 Å². The van der Waals surface area contributed by atoms with Gasteiger partial charge in [-0.1, -0.05) is 67.7 Å². The predicted molar refractivity (Wildman–Crippen MR) is 139 cm³/mol. The van der Waals surface area contributed by atoms with Crippen molar-refractivity contribution >= 4 is 51.0 Å². The lowest BCUT2D eigenvalue weighted by Crippen LogP contribution is -2.33. The summed E-state index contributed by atoms with van der Waals surface area (Å²) in [5.74, 6) is 1.37. The molecule has 0 spiro atoms. The van der Waals surface area contributed by atoms with Crippen LogP contribution in [0.2, 0.25) is 0 Å². The Morgan fingerprint density at radius 1 is 1.21 bits per heavy atom. The molecule has 0 unspecified atom stereocenters. The summed E-state index contributed by atoms with van der Waals surface area (Å²) < 4.78 is 6.17. The number of nitrogens with zero attached hydrogens (tertiary/aromatic N) is 2. The van der Waals surface area contributed by atoms with Crippen molar-refractivity contribution < 1.29 is 9.53 Å². The van der Waals surface area contributed by atoms with E-state index in [-0.39, 0.29) is 11.5 Å². The van der Waals surface area contributed by atoms with Gasteiger partial charge in [-0.05, 0) is 37.3 Å². The van der Waals surface area contributed by atoms with Gasteiger partial charge in [-0.15, -0.1) is 11.3 Å². The normalized spacial score (nSPS) is 17.8. The minimum Gasteiger partial charge on any atom is -0.369 e. The number of hydrogen-bond donors (Lipinski definition) is 1. The molecule has 1 aliphatic heterocycles. The van der Waals surface area contributed by atoms with Crippen LogP contribution in [0.3, 0.4) is 0 Å². The molecule has 1 N–H and O–H groups in total. The van der Waals surface area contributed by atoms with Gasteiger partial charge >= 0.3 is 0 Å². The Kier molecular flexibility index (Phi) is 8.33. The fraction of sp³-hybridized carbons (Fsp3) is 0.480. The highest BCUT2D eigenvalue weighted by atomic mass is 32.2. The zero-order valence-corrected chi connectivity index (χ0v) is 21.9. The van der Waals surface area contributed by atoms with Crippen LogP contribution in [-0.2, 0) is 29.0 Å². The number of aromatic nitrogens is 2.